The summed E-state index contributed by atoms with van der Waals surface area (Å²) in [7, 11) is 1.68. The Balaban J connectivity index is 2.18. The number of hydrogen-bond donors (Lipinski definition) is 1. The maximum Gasteiger partial charge on any atom is 0.174 e. The van der Waals surface area contributed by atoms with E-state index >= 15 is 0 Å². The number of pyridine rings is 1. The smallest absolute Gasteiger partial charge is 0.174 e. The van der Waals surface area contributed by atoms with Gasteiger partial charge in [0.15, 0.2) is 5.11 Å². The number of anilines is 1. The van der Waals surface area contributed by atoms with Crippen LogP contribution < -0.4 is 5.32 Å². The summed E-state index contributed by atoms with van der Waals surface area (Å²) in [5.41, 5.74) is 2.85. The Bertz CT molecular complexity index is 681. The van der Waals surface area contributed by atoms with Gasteiger partial charge < -0.3 is 15.0 Å². The number of methoxy groups -OCH3 is 1. The number of aromatic nitrogens is 1. The summed E-state index contributed by atoms with van der Waals surface area (Å²) in [5, 5.41) is 4.48. The van der Waals surface area contributed by atoms with Crippen LogP contribution in [-0.2, 0) is 4.74 Å². The second-order valence-electron chi connectivity index (χ2n) is 5.53. The van der Waals surface area contributed by atoms with E-state index in [2.05, 4.69) is 22.1 Å². The zero-order valence-corrected chi connectivity index (χ0v) is 15.7. The van der Waals surface area contributed by atoms with Gasteiger partial charge in [0.2, 0.25) is 0 Å². The third-order valence-electron chi connectivity index (χ3n) is 3.75. The molecule has 2 rings (SSSR count). The Morgan fingerprint density at radius 2 is 2.17 bits per heavy atom. The second kappa shape index (κ2) is 8.97. The van der Waals surface area contributed by atoms with E-state index < -0.39 is 0 Å². The van der Waals surface area contributed by atoms with E-state index in [0.717, 1.165) is 16.9 Å². The summed E-state index contributed by atoms with van der Waals surface area (Å²) in [6.45, 7) is 5.30. The van der Waals surface area contributed by atoms with Crippen LogP contribution in [0.25, 0.3) is 0 Å². The molecule has 0 saturated carbocycles. The fourth-order valence-electron chi connectivity index (χ4n) is 2.35. The van der Waals surface area contributed by atoms with Gasteiger partial charge in [-0.25, -0.2) is 0 Å². The lowest BCUT2D eigenvalue weighted by Gasteiger charge is -2.31. The average molecular weight is 364 g/mol. The highest BCUT2D eigenvalue weighted by Crippen LogP contribution is 2.25. The summed E-state index contributed by atoms with van der Waals surface area (Å²) < 4.78 is 5.22. The number of rotatable bonds is 6. The third-order valence-corrected chi connectivity index (χ3v) is 4.40. The number of nitrogens with one attached hydrogen (secondary N) is 1. The van der Waals surface area contributed by atoms with Crippen molar-refractivity contribution in [1.82, 2.24) is 9.88 Å². The lowest BCUT2D eigenvalue weighted by molar-refractivity contribution is 0.164. The van der Waals surface area contributed by atoms with E-state index in [0.29, 0.717) is 23.3 Å². The van der Waals surface area contributed by atoms with Gasteiger partial charge in [0.05, 0.1) is 29.1 Å². The fraction of sp³-hybridized carbons (Fsp3) is 0.333. The van der Waals surface area contributed by atoms with E-state index in [-0.39, 0.29) is 6.04 Å². The van der Waals surface area contributed by atoms with Crippen LogP contribution in [0.4, 0.5) is 5.69 Å². The van der Waals surface area contributed by atoms with Gasteiger partial charge in [0.25, 0.3) is 0 Å². The average Bonchev–Trinajstić information content (AvgIpc) is 2.58. The first kappa shape index (κ1) is 18.6. The molecule has 1 atom stereocenters. The topological polar surface area (TPSA) is 37.4 Å². The van der Waals surface area contributed by atoms with Crippen molar-refractivity contribution in [3.8, 4) is 0 Å². The molecule has 0 bridgehead atoms. The molecule has 6 heteroatoms. The van der Waals surface area contributed by atoms with Crippen molar-refractivity contribution in [3.05, 3.63) is 58.9 Å². The van der Waals surface area contributed by atoms with Crippen LogP contribution in [0, 0.1) is 6.92 Å². The largest absolute Gasteiger partial charge is 0.383 e. The molecule has 0 aliphatic carbocycles. The molecule has 0 aliphatic heterocycles. The van der Waals surface area contributed by atoms with Gasteiger partial charge in [-0.2, -0.15) is 0 Å². The summed E-state index contributed by atoms with van der Waals surface area (Å²) in [4.78, 5) is 6.48. The summed E-state index contributed by atoms with van der Waals surface area (Å²) >= 11 is 11.9. The van der Waals surface area contributed by atoms with Gasteiger partial charge in [-0.3, -0.25) is 4.98 Å². The van der Waals surface area contributed by atoms with Crippen molar-refractivity contribution >= 4 is 34.6 Å². The van der Waals surface area contributed by atoms with Crippen molar-refractivity contribution in [2.24, 2.45) is 0 Å². The number of aryl methyl sites for hydroxylation is 1. The highest BCUT2D eigenvalue weighted by Gasteiger charge is 2.20. The Morgan fingerprint density at radius 3 is 2.79 bits per heavy atom. The van der Waals surface area contributed by atoms with Crippen LogP contribution in [-0.4, -0.2) is 35.3 Å². The SMILES string of the molecule is COCCN(C(=S)Nc1ccc(C)cc1Cl)C(C)c1ccccn1. The monoisotopic (exact) mass is 363 g/mol. The number of benzene rings is 1. The van der Waals surface area contributed by atoms with Gasteiger partial charge in [-0.05, 0) is 55.9 Å². The number of halogens is 1. The first-order valence-electron chi connectivity index (χ1n) is 7.76. The molecule has 1 aromatic carbocycles. The molecular formula is C18H22ClN3OS. The molecule has 0 spiro atoms. The first-order chi connectivity index (χ1) is 11.5. The van der Waals surface area contributed by atoms with Crippen molar-refractivity contribution in [1.29, 1.82) is 0 Å². The maximum absolute atomic E-state index is 6.30. The molecular weight excluding hydrogens is 342 g/mol. The summed E-state index contributed by atoms with van der Waals surface area (Å²) in [5.74, 6) is 0. The van der Waals surface area contributed by atoms with Gasteiger partial charge in [0.1, 0.15) is 0 Å². The van der Waals surface area contributed by atoms with Gasteiger partial charge in [-0.1, -0.05) is 23.7 Å². The predicted molar refractivity (Wildman–Crippen MR) is 104 cm³/mol. The lowest BCUT2D eigenvalue weighted by atomic mass is 10.2. The lowest BCUT2D eigenvalue weighted by Crippen LogP contribution is -2.39. The minimum Gasteiger partial charge on any atom is -0.383 e. The van der Waals surface area contributed by atoms with Gasteiger partial charge in [0, 0.05) is 19.9 Å². The van der Waals surface area contributed by atoms with Crippen molar-refractivity contribution in [2.75, 3.05) is 25.6 Å². The van der Waals surface area contributed by atoms with Crippen LogP contribution in [0.1, 0.15) is 24.2 Å². The normalized spacial score (nSPS) is 11.8. The number of hydrogen-bond acceptors (Lipinski definition) is 3. The molecule has 128 valence electrons. The molecule has 4 nitrogen and oxygen atoms in total. The van der Waals surface area contributed by atoms with Gasteiger partial charge >= 0.3 is 0 Å². The van der Waals surface area contributed by atoms with Crippen LogP contribution in [0.2, 0.25) is 5.02 Å². The molecule has 0 saturated heterocycles. The molecule has 1 heterocycles. The quantitative estimate of drug-likeness (QED) is 0.767. The van der Waals surface area contributed by atoms with E-state index in [9.17, 15) is 0 Å². The maximum atomic E-state index is 6.30. The minimum absolute atomic E-state index is 0.0190. The summed E-state index contributed by atoms with van der Waals surface area (Å²) in [6, 6.07) is 11.7. The zero-order valence-electron chi connectivity index (χ0n) is 14.1. The standard InChI is InChI=1S/C18H22ClN3OS/c1-13-7-8-17(15(19)12-13)21-18(24)22(10-11-23-3)14(2)16-6-4-5-9-20-16/h4-9,12,14H,10-11H2,1-3H3,(H,21,24). The molecule has 0 fully saturated rings. The number of thiocarbonyl (C=S) groups is 1. The Labute approximate surface area is 153 Å². The molecule has 2 aromatic rings. The minimum atomic E-state index is 0.0190. The molecule has 1 aromatic heterocycles. The Morgan fingerprint density at radius 1 is 1.38 bits per heavy atom. The van der Waals surface area contributed by atoms with Crippen molar-refractivity contribution in [3.63, 3.8) is 0 Å². The zero-order chi connectivity index (χ0) is 17.5. The molecule has 0 amide bonds. The highest BCUT2D eigenvalue weighted by atomic mass is 35.5. The molecule has 0 radical (unpaired) electrons. The van der Waals surface area contributed by atoms with E-state index in [1.165, 1.54) is 0 Å². The van der Waals surface area contributed by atoms with Crippen LogP contribution in [0.3, 0.4) is 0 Å². The molecule has 24 heavy (non-hydrogen) atoms. The van der Waals surface area contributed by atoms with Crippen LogP contribution in [0.5, 0.6) is 0 Å². The Kier molecular flexibility index (Phi) is 6.97. The van der Waals surface area contributed by atoms with Gasteiger partial charge in [-0.15, -0.1) is 0 Å². The molecule has 0 aliphatic rings. The summed E-state index contributed by atoms with van der Waals surface area (Å²) in [6.07, 6.45) is 1.79. The first-order valence-corrected chi connectivity index (χ1v) is 8.55. The van der Waals surface area contributed by atoms with Crippen molar-refractivity contribution < 1.29 is 4.74 Å². The van der Waals surface area contributed by atoms with Crippen molar-refractivity contribution in [2.45, 2.75) is 19.9 Å². The van der Waals surface area contributed by atoms with E-state index in [4.69, 9.17) is 28.6 Å². The molecule has 1 unspecified atom stereocenters. The third kappa shape index (κ3) is 4.90. The van der Waals surface area contributed by atoms with Crippen LogP contribution >= 0.6 is 23.8 Å². The highest BCUT2D eigenvalue weighted by molar-refractivity contribution is 7.80. The number of nitrogens with zero attached hydrogens (tertiary/aromatic N) is 2. The second-order valence-corrected chi connectivity index (χ2v) is 6.32. The Hall–Kier alpha value is -1.69. The number of ether oxygens (including phenoxy) is 1. The van der Waals surface area contributed by atoms with Crippen LogP contribution in [0.15, 0.2) is 42.6 Å². The fourth-order valence-corrected chi connectivity index (χ4v) is 2.99. The van der Waals surface area contributed by atoms with E-state index in [1.807, 2.05) is 43.3 Å². The predicted octanol–water partition coefficient (Wildman–Crippen LogP) is 4.45. The van der Waals surface area contributed by atoms with E-state index in [1.54, 1.807) is 13.3 Å². The molecule has 1 N–H and O–H groups in total.